The van der Waals surface area contributed by atoms with Crippen molar-refractivity contribution < 1.29 is 14.3 Å². The molecule has 0 saturated carbocycles. The summed E-state index contributed by atoms with van der Waals surface area (Å²) in [4.78, 5) is 25.5. The van der Waals surface area contributed by atoms with Gasteiger partial charge in [0.25, 0.3) is 0 Å². The van der Waals surface area contributed by atoms with Gasteiger partial charge in [0.05, 0.1) is 6.61 Å². The molecule has 2 N–H and O–H groups in total. The fourth-order valence-electron chi connectivity index (χ4n) is 2.96. The lowest BCUT2D eigenvalue weighted by Crippen LogP contribution is -2.30. The number of rotatable bonds is 7. The lowest BCUT2D eigenvalue weighted by molar-refractivity contribution is -0.118. The van der Waals surface area contributed by atoms with Crippen LogP contribution in [0.5, 0.6) is 0 Å². The molecular formula is C22H22N2O3S. The van der Waals surface area contributed by atoms with Crippen LogP contribution in [0.3, 0.4) is 0 Å². The van der Waals surface area contributed by atoms with Gasteiger partial charge in [-0.3, -0.25) is 4.79 Å². The number of nitrogens with one attached hydrogen (secondary N) is 2. The van der Waals surface area contributed by atoms with Gasteiger partial charge in [-0.15, -0.1) is 11.3 Å². The zero-order valence-corrected chi connectivity index (χ0v) is 16.6. The minimum absolute atomic E-state index is 0.235. The first-order chi connectivity index (χ1) is 13.7. The first-order valence-corrected chi connectivity index (χ1v) is 9.90. The van der Waals surface area contributed by atoms with Crippen LogP contribution in [0.4, 0.5) is 5.00 Å². The van der Waals surface area contributed by atoms with Crippen molar-refractivity contribution in [3.63, 3.8) is 0 Å². The van der Waals surface area contributed by atoms with E-state index in [-0.39, 0.29) is 12.5 Å². The van der Waals surface area contributed by atoms with Crippen LogP contribution in [0.1, 0.15) is 28.9 Å². The van der Waals surface area contributed by atoms with Gasteiger partial charge in [0.1, 0.15) is 16.6 Å². The van der Waals surface area contributed by atoms with Crippen LogP contribution in [0, 0.1) is 0 Å². The molecule has 0 radical (unpaired) electrons. The lowest BCUT2D eigenvalue weighted by atomic mass is 10.0. The van der Waals surface area contributed by atoms with Crippen LogP contribution in [0.15, 0.2) is 66.0 Å². The summed E-state index contributed by atoms with van der Waals surface area (Å²) >= 11 is 1.32. The molecule has 2 aromatic carbocycles. The molecule has 0 spiro atoms. The average molecular weight is 394 g/mol. The average Bonchev–Trinajstić information content (AvgIpc) is 3.14. The summed E-state index contributed by atoms with van der Waals surface area (Å²) in [5.41, 5.74) is 2.88. The van der Waals surface area contributed by atoms with Crippen molar-refractivity contribution in [2.75, 3.05) is 19.0 Å². The molecule has 0 saturated heterocycles. The van der Waals surface area contributed by atoms with E-state index in [2.05, 4.69) is 10.6 Å². The molecule has 0 aliphatic carbocycles. The van der Waals surface area contributed by atoms with E-state index in [1.165, 1.54) is 11.3 Å². The van der Waals surface area contributed by atoms with Gasteiger partial charge >= 0.3 is 5.97 Å². The predicted octanol–water partition coefficient (Wildman–Crippen LogP) is 4.49. The Labute approximate surface area is 168 Å². The summed E-state index contributed by atoms with van der Waals surface area (Å²) in [7, 11) is 1.73. The van der Waals surface area contributed by atoms with Crippen molar-refractivity contribution in [3.05, 3.63) is 77.2 Å². The Bertz CT molecular complexity index is 939. The van der Waals surface area contributed by atoms with Gasteiger partial charge < -0.3 is 15.4 Å². The van der Waals surface area contributed by atoms with Crippen molar-refractivity contribution in [1.29, 1.82) is 0 Å². The second kappa shape index (κ2) is 9.30. The summed E-state index contributed by atoms with van der Waals surface area (Å²) in [5.74, 6) is -0.681. The Balaban J connectivity index is 1.94. The van der Waals surface area contributed by atoms with E-state index in [0.717, 1.165) is 16.7 Å². The zero-order chi connectivity index (χ0) is 19.9. The third-order valence-electron chi connectivity index (χ3n) is 4.28. The molecule has 1 aromatic heterocycles. The quantitative estimate of drug-likeness (QED) is 0.580. The number of benzene rings is 2. The topological polar surface area (TPSA) is 67.4 Å². The fraction of sp³-hybridized carbons (Fsp3) is 0.182. The van der Waals surface area contributed by atoms with Crippen LogP contribution < -0.4 is 10.6 Å². The van der Waals surface area contributed by atoms with Crippen LogP contribution in [0.2, 0.25) is 0 Å². The third-order valence-corrected chi connectivity index (χ3v) is 5.17. The lowest BCUT2D eigenvalue weighted by Gasteiger charge is -2.16. The minimum atomic E-state index is -0.529. The zero-order valence-electron chi connectivity index (χ0n) is 15.8. The van der Waals surface area contributed by atoms with E-state index < -0.39 is 12.0 Å². The highest BCUT2D eigenvalue weighted by Crippen LogP contribution is 2.36. The molecule has 0 aliphatic heterocycles. The molecule has 1 amide bonds. The highest BCUT2D eigenvalue weighted by atomic mass is 32.1. The predicted molar refractivity (Wildman–Crippen MR) is 113 cm³/mol. The maximum Gasteiger partial charge on any atom is 0.341 e. The summed E-state index contributed by atoms with van der Waals surface area (Å²) < 4.78 is 5.24. The number of carbonyl (C=O) groups is 2. The SMILES string of the molecule is CCOC(=O)c1c(-c2ccccc2)csc1NC(=O)[C@@H](NC)c1ccccc1. The monoisotopic (exact) mass is 394 g/mol. The molecule has 144 valence electrons. The van der Waals surface area contributed by atoms with E-state index in [0.29, 0.717) is 10.6 Å². The van der Waals surface area contributed by atoms with Crippen molar-refractivity contribution in [1.82, 2.24) is 5.32 Å². The Hall–Kier alpha value is -2.96. The molecule has 1 heterocycles. The standard InChI is InChI=1S/C22H22N2O3S/c1-3-27-22(26)18-17(15-10-6-4-7-11-15)14-28-21(18)24-20(25)19(23-2)16-12-8-5-9-13-16/h4-14,19,23H,3H2,1-2H3,(H,24,25)/t19-/m0/s1. The molecule has 3 aromatic rings. The van der Waals surface area contributed by atoms with Crippen LogP contribution in [-0.2, 0) is 9.53 Å². The number of carbonyl (C=O) groups excluding carboxylic acids is 2. The number of thiophene rings is 1. The molecular weight excluding hydrogens is 372 g/mol. The maximum absolute atomic E-state index is 12.9. The number of hydrogen-bond donors (Lipinski definition) is 2. The maximum atomic E-state index is 12.9. The Kier molecular flexibility index (Phi) is 6.57. The molecule has 0 bridgehead atoms. The first kappa shape index (κ1) is 19.8. The van der Waals surface area contributed by atoms with Crippen molar-refractivity contribution in [2.45, 2.75) is 13.0 Å². The van der Waals surface area contributed by atoms with E-state index in [4.69, 9.17) is 4.74 Å². The smallest absolute Gasteiger partial charge is 0.341 e. The van der Waals surface area contributed by atoms with E-state index in [1.807, 2.05) is 66.0 Å². The number of likely N-dealkylation sites (N-methyl/N-ethyl adjacent to an activating group) is 1. The molecule has 0 fully saturated rings. The van der Waals surface area contributed by atoms with Gasteiger partial charge in [0.2, 0.25) is 5.91 Å². The first-order valence-electron chi connectivity index (χ1n) is 9.02. The van der Waals surface area contributed by atoms with E-state index in [9.17, 15) is 9.59 Å². The Morgan fingerprint density at radius 1 is 1.04 bits per heavy atom. The van der Waals surface area contributed by atoms with Gasteiger partial charge in [0, 0.05) is 10.9 Å². The fourth-order valence-corrected chi connectivity index (χ4v) is 3.92. The number of ether oxygens (including phenoxy) is 1. The van der Waals surface area contributed by atoms with Crippen LogP contribution in [0.25, 0.3) is 11.1 Å². The van der Waals surface area contributed by atoms with Crippen LogP contribution in [-0.4, -0.2) is 25.5 Å². The summed E-state index contributed by atoms with van der Waals surface area (Å²) in [6.07, 6.45) is 0. The summed E-state index contributed by atoms with van der Waals surface area (Å²) in [5, 5.41) is 8.29. The second-order valence-electron chi connectivity index (χ2n) is 6.06. The summed E-state index contributed by atoms with van der Waals surface area (Å²) in [6, 6.07) is 18.5. The molecule has 6 heteroatoms. The number of esters is 1. The number of amides is 1. The molecule has 28 heavy (non-hydrogen) atoms. The van der Waals surface area contributed by atoms with Gasteiger partial charge in [-0.2, -0.15) is 0 Å². The van der Waals surface area contributed by atoms with Gasteiger partial charge in [-0.05, 0) is 25.1 Å². The minimum Gasteiger partial charge on any atom is -0.462 e. The molecule has 0 aliphatic rings. The molecule has 0 unspecified atom stereocenters. The highest BCUT2D eigenvalue weighted by Gasteiger charge is 2.25. The third kappa shape index (κ3) is 4.30. The number of hydrogen-bond acceptors (Lipinski definition) is 5. The molecule has 3 rings (SSSR count). The van der Waals surface area contributed by atoms with Crippen molar-refractivity contribution in [2.24, 2.45) is 0 Å². The Morgan fingerprint density at radius 3 is 2.29 bits per heavy atom. The van der Waals surface area contributed by atoms with Crippen LogP contribution >= 0.6 is 11.3 Å². The second-order valence-corrected chi connectivity index (χ2v) is 6.94. The summed E-state index contributed by atoms with van der Waals surface area (Å²) in [6.45, 7) is 2.02. The Morgan fingerprint density at radius 2 is 1.68 bits per heavy atom. The van der Waals surface area contributed by atoms with Crippen molar-refractivity contribution in [3.8, 4) is 11.1 Å². The highest BCUT2D eigenvalue weighted by molar-refractivity contribution is 7.15. The van der Waals surface area contributed by atoms with E-state index in [1.54, 1.807) is 14.0 Å². The van der Waals surface area contributed by atoms with Gasteiger partial charge in [-0.1, -0.05) is 60.7 Å². The number of anilines is 1. The van der Waals surface area contributed by atoms with Crippen molar-refractivity contribution >= 4 is 28.2 Å². The normalized spacial score (nSPS) is 11.6. The van der Waals surface area contributed by atoms with Gasteiger partial charge in [-0.25, -0.2) is 4.79 Å². The largest absolute Gasteiger partial charge is 0.462 e. The van der Waals surface area contributed by atoms with Gasteiger partial charge in [0.15, 0.2) is 0 Å². The molecule has 5 nitrogen and oxygen atoms in total. The van der Waals surface area contributed by atoms with E-state index >= 15 is 0 Å². The molecule has 1 atom stereocenters.